The topological polar surface area (TPSA) is 67.2 Å². The van der Waals surface area contributed by atoms with Gasteiger partial charge in [0.25, 0.3) is 0 Å². The van der Waals surface area contributed by atoms with Crippen LogP contribution in [0.25, 0.3) is 5.69 Å². The molecule has 1 aliphatic heterocycles. The van der Waals surface area contributed by atoms with E-state index >= 15 is 0 Å². The van der Waals surface area contributed by atoms with Crippen molar-refractivity contribution in [1.82, 2.24) is 9.78 Å². The molecule has 110 valence electrons. The molecule has 1 aromatic heterocycles. The number of aromatic nitrogens is 2. The first-order valence-electron chi connectivity index (χ1n) is 7.24. The van der Waals surface area contributed by atoms with Crippen LogP contribution in [0.5, 0.6) is 0 Å². The van der Waals surface area contributed by atoms with E-state index in [0.29, 0.717) is 5.92 Å². The molecule has 0 atom stereocenters. The summed E-state index contributed by atoms with van der Waals surface area (Å²) in [7, 11) is 0. The SMILES string of the molecule is CC(C)Cc1nn(-c2cccc(C(=O)O)c2)c2c1CCN2. The highest BCUT2D eigenvalue weighted by molar-refractivity contribution is 5.88. The van der Waals surface area contributed by atoms with Crippen molar-refractivity contribution >= 4 is 11.8 Å². The first-order chi connectivity index (χ1) is 10.1. The van der Waals surface area contributed by atoms with E-state index in [9.17, 15) is 4.79 Å². The van der Waals surface area contributed by atoms with Crippen molar-refractivity contribution in [3.05, 3.63) is 41.1 Å². The highest BCUT2D eigenvalue weighted by Crippen LogP contribution is 2.30. The van der Waals surface area contributed by atoms with Crippen molar-refractivity contribution in [2.24, 2.45) is 5.92 Å². The number of benzene rings is 1. The second-order valence-electron chi connectivity index (χ2n) is 5.82. The van der Waals surface area contributed by atoms with E-state index in [1.807, 2.05) is 10.7 Å². The molecule has 0 radical (unpaired) electrons. The Bertz CT molecular complexity index is 689. The second kappa shape index (κ2) is 5.24. The van der Waals surface area contributed by atoms with Crippen molar-refractivity contribution in [3.63, 3.8) is 0 Å². The lowest BCUT2D eigenvalue weighted by molar-refractivity contribution is 0.0697. The maximum Gasteiger partial charge on any atom is 0.335 e. The Hall–Kier alpha value is -2.30. The van der Waals surface area contributed by atoms with Gasteiger partial charge in [-0.15, -0.1) is 0 Å². The fraction of sp³-hybridized carbons (Fsp3) is 0.375. The summed E-state index contributed by atoms with van der Waals surface area (Å²) in [5.41, 5.74) is 3.45. The molecular formula is C16H19N3O2. The number of carboxylic acids is 1. The largest absolute Gasteiger partial charge is 0.478 e. The van der Waals surface area contributed by atoms with Crippen LogP contribution in [0.15, 0.2) is 24.3 Å². The van der Waals surface area contributed by atoms with Crippen molar-refractivity contribution < 1.29 is 9.90 Å². The molecular weight excluding hydrogens is 266 g/mol. The van der Waals surface area contributed by atoms with Crippen molar-refractivity contribution in [2.45, 2.75) is 26.7 Å². The third-order valence-corrected chi connectivity index (χ3v) is 3.67. The molecule has 0 saturated heterocycles. The van der Waals surface area contributed by atoms with Crippen molar-refractivity contribution in [1.29, 1.82) is 0 Å². The molecule has 21 heavy (non-hydrogen) atoms. The van der Waals surface area contributed by atoms with E-state index < -0.39 is 5.97 Å². The first kappa shape index (κ1) is 13.7. The number of carbonyl (C=O) groups is 1. The maximum atomic E-state index is 11.1. The Morgan fingerprint density at radius 3 is 3.00 bits per heavy atom. The predicted molar refractivity (Wildman–Crippen MR) is 81.3 cm³/mol. The van der Waals surface area contributed by atoms with Crippen LogP contribution < -0.4 is 5.32 Å². The van der Waals surface area contributed by atoms with Crippen molar-refractivity contribution in [3.8, 4) is 5.69 Å². The number of carboxylic acid groups (broad SMARTS) is 1. The van der Waals surface area contributed by atoms with Gasteiger partial charge < -0.3 is 10.4 Å². The zero-order valence-electron chi connectivity index (χ0n) is 12.3. The van der Waals surface area contributed by atoms with Crippen LogP contribution in [0.2, 0.25) is 0 Å². The summed E-state index contributed by atoms with van der Waals surface area (Å²) >= 11 is 0. The van der Waals surface area contributed by atoms with Crippen LogP contribution in [0.3, 0.4) is 0 Å². The molecule has 0 fully saturated rings. The van der Waals surface area contributed by atoms with Crippen LogP contribution in [0, 0.1) is 5.92 Å². The fourth-order valence-electron chi connectivity index (χ4n) is 2.75. The minimum Gasteiger partial charge on any atom is -0.478 e. The Labute approximate surface area is 123 Å². The van der Waals surface area contributed by atoms with E-state index in [1.165, 1.54) is 5.56 Å². The second-order valence-corrected chi connectivity index (χ2v) is 5.82. The number of aromatic carboxylic acids is 1. The van der Waals surface area contributed by atoms with Gasteiger partial charge in [-0.25, -0.2) is 9.48 Å². The van der Waals surface area contributed by atoms with Gasteiger partial charge >= 0.3 is 5.97 Å². The Balaban J connectivity index is 2.07. The van der Waals surface area contributed by atoms with Gasteiger partial charge in [0.15, 0.2) is 0 Å². The number of anilines is 1. The lowest BCUT2D eigenvalue weighted by atomic mass is 10.0. The summed E-state index contributed by atoms with van der Waals surface area (Å²) in [5.74, 6) is 0.632. The van der Waals surface area contributed by atoms with Gasteiger partial charge in [-0.2, -0.15) is 5.10 Å². The van der Waals surface area contributed by atoms with Crippen LogP contribution in [0.1, 0.15) is 35.5 Å². The van der Waals surface area contributed by atoms with Gasteiger partial charge in [0, 0.05) is 12.1 Å². The average Bonchev–Trinajstić information content (AvgIpc) is 3.02. The molecule has 0 spiro atoms. The number of nitrogens with one attached hydrogen (secondary N) is 1. The van der Waals surface area contributed by atoms with Crippen molar-refractivity contribution in [2.75, 3.05) is 11.9 Å². The van der Waals surface area contributed by atoms with Crippen LogP contribution in [-0.2, 0) is 12.8 Å². The Morgan fingerprint density at radius 1 is 1.48 bits per heavy atom. The van der Waals surface area contributed by atoms with Crippen LogP contribution >= 0.6 is 0 Å². The van der Waals surface area contributed by atoms with Gasteiger partial charge in [-0.05, 0) is 37.0 Å². The summed E-state index contributed by atoms with van der Waals surface area (Å²) in [6.45, 7) is 5.27. The number of hydrogen-bond donors (Lipinski definition) is 2. The van der Waals surface area contributed by atoms with E-state index in [0.717, 1.165) is 36.6 Å². The summed E-state index contributed by atoms with van der Waals surface area (Å²) in [6, 6.07) is 6.90. The first-order valence-corrected chi connectivity index (χ1v) is 7.24. The lowest BCUT2D eigenvalue weighted by Gasteiger charge is -2.07. The molecule has 0 bridgehead atoms. The molecule has 5 heteroatoms. The zero-order chi connectivity index (χ0) is 15.0. The highest BCUT2D eigenvalue weighted by Gasteiger charge is 2.23. The predicted octanol–water partition coefficient (Wildman–Crippen LogP) is 2.74. The molecule has 2 N–H and O–H groups in total. The van der Waals surface area contributed by atoms with Gasteiger partial charge in [-0.1, -0.05) is 19.9 Å². The molecule has 3 rings (SSSR count). The molecule has 5 nitrogen and oxygen atoms in total. The third kappa shape index (κ3) is 2.51. The molecule has 0 unspecified atom stereocenters. The minimum absolute atomic E-state index is 0.278. The molecule has 0 aliphatic carbocycles. The molecule has 0 amide bonds. The third-order valence-electron chi connectivity index (χ3n) is 3.67. The molecule has 0 saturated carbocycles. The quantitative estimate of drug-likeness (QED) is 0.906. The van der Waals surface area contributed by atoms with E-state index in [4.69, 9.17) is 10.2 Å². The standard InChI is InChI=1S/C16H19N3O2/c1-10(2)8-14-13-6-7-17-15(13)19(18-14)12-5-3-4-11(9-12)16(20)21/h3-5,9-10,17H,6-8H2,1-2H3,(H,20,21). The summed E-state index contributed by atoms with van der Waals surface area (Å²) in [5, 5.41) is 17.2. The van der Waals surface area contributed by atoms with E-state index in [1.54, 1.807) is 18.2 Å². The minimum atomic E-state index is -0.920. The zero-order valence-corrected chi connectivity index (χ0v) is 12.3. The molecule has 2 heterocycles. The normalized spacial score (nSPS) is 13.3. The highest BCUT2D eigenvalue weighted by atomic mass is 16.4. The van der Waals surface area contributed by atoms with E-state index in [-0.39, 0.29) is 5.56 Å². The molecule has 1 aliphatic rings. The Morgan fingerprint density at radius 2 is 2.29 bits per heavy atom. The fourth-order valence-corrected chi connectivity index (χ4v) is 2.75. The molecule has 1 aromatic carbocycles. The number of rotatable bonds is 4. The summed E-state index contributed by atoms with van der Waals surface area (Å²) in [4.78, 5) is 11.1. The van der Waals surface area contributed by atoms with E-state index in [2.05, 4.69) is 19.2 Å². The van der Waals surface area contributed by atoms with Crippen LogP contribution in [0.4, 0.5) is 5.82 Å². The number of nitrogens with zero attached hydrogens (tertiary/aromatic N) is 2. The number of fused-ring (bicyclic) bond motifs is 1. The summed E-state index contributed by atoms with van der Waals surface area (Å²) in [6.07, 6.45) is 1.92. The van der Waals surface area contributed by atoms with Crippen LogP contribution in [-0.4, -0.2) is 27.4 Å². The Kier molecular flexibility index (Phi) is 3.41. The van der Waals surface area contributed by atoms with Gasteiger partial charge in [0.1, 0.15) is 5.82 Å². The van der Waals surface area contributed by atoms with Gasteiger partial charge in [0.05, 0.1) is 16.9 Å². The smallest absolute Gasteiger partial charge is 0.335 e. The number of hydrogen-bond acceptors (Lipinski definition) is 3. The monoisotopic (exact) mass is 285 g/mol. The van der Waals surface area contributed by atoms with Gasteiger partial charge in [0.2, 0.25) is 0 Å². The maximum absolute atomic E-state index is 11.1. The molecule has 2 aromatic rings. The lowest BCUT2D eigenvalue weighted by Crippen LogP contribution is -2.07. The average molecular weight is 285 g/mol. The van der Waals surface area contributed by atoms with Gasteiger partial charge in [-0.3, -0.25) is 0 Å². The summed E-state index contributed by atoms with van der Waals surface area (Å²) < 4.78 is 1.84.